The van der Waals surface area contributed by atoms with E-state index in [2.05, 4.69) is 26.1 Å². The molecule has 2 aromatic carbocycles. The summed E-state index contributed by atoms with van der Waals surface area (Å²) in [6, 6.07) is 13.9. The summed E-state index contributed by atoms with van der Waals surface area (Å²) in [4.78, 5) is 12.7. The van der Waals surface area contributed by atoms with Gasteiger partial charge < -0.3 is 14.8 Å². The van der Waals surface area contributed by atoms with Crippen LogP contribution in [-0.4, -0.2) is 51.0 Å². The molecule has 31 heavy (non-hydrogen) atoms. The van der Waals surface area contributed by atoms with Gasteiger partial charge in [-0.25, -0.2) is 8.42 Å². The van der Waals surface area contributed by atoms with E-state index in [1.807, 2.05) is 24.3 Å². The molecule has 0 spiro atoms. The minimum atomic E-state index is -3.63. The van der Waals surface area contributed by atoms with Crippen LogP contribution in [-0.2, 0) is 25.0 Å². The number of ether oxygens (including phenoxy) is 2. The maximum absolute atomic E-state index is 12.8. The van der Waals surface area contributed by atoms with Gasteiger partial charge in [0, 0.05) is 18.8 Å². The third-order valence-electron chi connectivity index (χ3n) is 5.11. The van der Waals surface area contributed by atoms with E-state index in [1.54, 1.807) is 19.1 Å². The zero-order chi connectivity index (χ0) is 22.6. The molecule has 3 rings (SSSR count). The standard InChI is InChI=1S/C23H30N2O5S/c1-17(30-20-10-8-18(9-11-20)23(2,3)4)22(26)24-19-6-5-7-21(16-19)31(27,28)25-12-14-29-15-13-25/h5-11,16-17H,12-15H2,1-4H3,(H,24,26). The first kappa shape index (κ1) is 23.2. The van der Waals surface area contributed by atoms with Crippen molar-refractivity contribution in [3.8, 4) is 5.75 Å². The molecular weight excluding hydrogens is 416 g/mol. The minimum Gasteiger partial charge on any atom is -0.481 e. The number of benzene rings is 2. The Kier molecular flexibility index (Phi) is 7.03. The van der Waals surface area contributed by atoms with Gasteiger partial charge in [-0.1, -0.05) is 39.0 Å². The van der Waals surface area contributed by atoms with Crippen LogP contribution in [0.1, 0.15) is 33.3 Å². The van der Waals surface area contributed by atoms with E-state index in [1.165, 1.54) is 22.0 Å². The van der Waals surface area contributed by atoms with Gasteiger partial charge in [0.15, 0.2) is 6.10 Å². The van der Waals surface area contributed by atoms with Gasteiger partial charge in [-0.2, -0.15) is 4.31 Å². The fourth-order valence-electron chi connectivity index (χ4n) is 3.21. The van der Waals surface area contributed by atoms with Crippen LogP contribution in [0.2, 0.25) is 0 Å². The fraction of sp³-hybridized carbons (Fsp3) is 0.435. The van der Waals surface area contributed by atoms with E-state index in [0.29, 0.717) is 37.7 Å². The van der Waals surface area contributed by atoms with E-state index < -0.39 is 16.1 Å². The third-order valence-corrected chi connectivity index (χ3v) is 7.01. The van der Waals surface area contributed by atoms with Crippen molar-refractivity contribution in [2.75, 3.05) is 31.6 Å². The lowest BCUT2D eigenvalue weighted by molar-refractivity contribution is -0.122. The molecule has 1 N–H and O–H groups in total. The molecule has 1 atom stereocenters. The Morgan fingerprint density at radius 1 is 1.10 bits per heavy atom. The molecular formula is C23H30N2O5S. The number of morpholine rings is 1. The van der Waals surface area contributed by atoms with Crippen molar-refractivity contribution in [1.82, 2.24) is 4.31 Å². The van der Waals surface area contributed by atoms with Gasteiger partial charge in [-0.15, -0.1) is 0 Å². The average Bonchev–Trinajstić information content (AvgIpc) is 2.74. The molecule has 0 bridgehead atoms. The van der Waals surface area contributed by atoms with Crippen molar-refractivity contribution in [3.63, 3.8) is 0 Å². The Morgan fingerprint density at radius 3 is 2.35 bits per heavy atom. The Labute approximate surface area is 184 Å². The first-order chi connectivity index (χ1) is 14.6. The lowest BCUT2D eigenvalue weighted by Crippen LogP contribution is -2.40. The summed E-state index contributed by atoms with van der Waals surface area (Å²) in [5, 5.41) is 2.74. The summed E-state index contributed by atoms with van der Waals surface area (Å²) >= 11 is 0. The minimum absolute atomic E-state index is 0.0358. The van der Waals surface area contributed by atoms with E-state index in [-0.39, 0.29) is 16.2 Å². The topological polar surface area (TPSA) is 84.9 Å². The number of nitrogens with one attached hydrogen (secondary N) is 1. The molecule has 1 aliphatic rings. The van der Waals surface area contributed by atoms with Crippen LogP contribution in [0.3, 0.4) is 0 Å². The highest BCUT2D eigenvalue weighted by Gasteiger charge is 2.26. The summed E-state index contributed by atoms with van der Waals surface area (Å²) in [6.45, 7) is 9.43. The molecule has 1 saturated heterocycles. The maximum Gasteiger partial charge on any atom is 0.265 e. The van der Waals surface area contributed by atoms with E-state index in [0.717, 1.165) is 0 Å². The Morgan fingerprint density at radius 2 is 1.74 bits per heavy atom. The van der Waals surface area contributed by atoms with E-state index >= 15 is 0 Å². The molecule has 1 fully saturated rings. The summed E-state index contributed by atoms with van der Waals surface area (Å²) in [5.74, 6) is 0.236. The number of hydrogen-bond donors (Lipinski definition) is 1. The van der Waals surface area contributed by atoms with Crippen molar-refractivity contribution in [2.24, 2.45) is 0 Å². The van der Waals surface area contributed by atoms with Crippen LogP contribution in [0.5, 0.6) is 5.75 Å². The molecule has 2 aromatic rings. The molecule has 168 valence electrons. The second-order valence-electron chi connectivity index (χ2n) is 8.57. The molecule has 8 heteroatoms. The summed E-state index contributed by atoms with van der Waals surface area (Å²) in [5.41, 5.74) is 1.61. The Balaban J connectivity index is 1.65. The molecule has 0 radical (unpaired) electrons. The van der Waals surface area contributed by atoms with Gasteiger partial charge in [-0.3, -0.25) is 4.79 Å². The average molecular weight is 447 g/mol. The number of carbonyl (C=O) groups is 1. The smallest absolute Gasteiger partial charge is 0.265 e. The normalized spacial score (nSPS) is 16.5. The highest BCUT2D eigenvalue weighted by Crippen LogP contribution is 2.25. The maximum atomic E-state index is 12.8. The van der Waals surface area contributed by atoms with Gasteiger partial charge in [-0.05, 0) is 48.2 Å². The highest BCUT2D eigenvalue weighted by atomic mass is 32.2. The molecule has 1 heterocycles. The fourth-order valence-corrected chi connectivity index (χ4v) is 4.66. The number of amides is 1. The van der Waals surface area contributed by atoms with Crippen LogP contribution in [0, 0.1) is 0 Å². The molecule has 0 aromatic heterocycles. The molecule has 1 amide bonds. The van der Waals surface area contributed by atoms with Crippen LogP contribution in [0.4, 0.5) is 5.69 Å². The SMILES string of the molecule is CC(Oc1ccc(C(C)(C)C)cc1)C(=O)Nc1cccc(S(=O)(=O)N2CCOCC2)c1. The first-order valence-corrected chi connectivity index (χ1v) is 11.8. The predicted octanol–water partition coefficient (Wildman–Crippen LogP) is 3.41. The third kappa shape index (κ3) is 5.84. The van der Waals surface area contributed by atoms with Gasteiger partial charge >= 0.3 is 0 Å². The zero-order valence-corrected chi connectivity index (χ0v) is 19.2. The summed E-state index contributed by atoms with van der Waals surface area (Å²) in [6.07, 6.45) is -0.750. The molecule has 0 saturated carbocycles. The predicted molar refractivity (Wildman–Crippen MR) is 120 cm³/mol. The van der Waals surface area contributed by atoms with Crippen molar-refractivity contribution in [2.45, 2.75) is 44.1 Å². The molecule has 0 aliphatic carbocycles. The number of rotatable bonds is 6. The quantitative estimate of drug-likeness (QED) is 0.735. The van der Waals surface area contributed by atoms with Crippen LogP contribution < -0.4 is 10.1 Å². The van der Waals surface area contributed by atoms with E-state index in [4.69, 9.17) is 9.47 Å². The van der Waals surface area contributed by atoms with Gasteiger partial charge in [0.05, 0.1) is 18.1 Å². The number of anilines is 1. The molecule has 7 nitrogen and oxygen atoms in total. The van der Waals surface area contributed by atoms with Crippen molar-refractivity contribution >= 4 is 21.6 Å². The number of nitrogens with zero attached hydrogens (tertiary/aromatic N) is 1. The molecule has 1 unspecified atom stereocenters. The largest absolute Gasteiger partial charge is 0.481 e. The van der Waals surface area contributed by atoms with Crippen LogP contribution in [0.25, 0.3) is 0 Å². The monoisotopic (exact) mass is 446 g/mol. The number of carbonyl (C=O) groups excluding carboxylic acids is 1. The Hall–Kier alpha value is -2.42. The Bertz CT molecular complexity index is 1010. The number of sulfonamides is 1. The molecule has 1 aliphatic heterocycles. The van der Waals surface area contributed by atoms with Crippen molar-refractivity contribution in [3.05, 3.63) is 54.1 Å². The first-order valence-electron chi connectivity index (χ1n) is 10.3. The van der Waals surface area contributed by atoms with Gasteiger partial charge in [0.2, 0.25) is 10.0 Å². The van der Waals surface area contributed by atoms with Crippen LogP contribution in [0.15, 0.2) is 53.4 Å². The second-order valence-corrected chi connectivity index (χ2v) is 10.5. The zero-order valence-electron chi connectivity index (χ0n) is 18.4. The van der Waals surface area contributed by atoms with Gasteiger partial charge in [0.1, 0.15) is 5.75 Å². The van der Waals surface area contributed by atoms with Crippen LogP contribution >= 0.6 is 0 Å². The van der Waals surface area contributed by atoms with Crippen molar-refractivity contribution in [1.29, 1.82) is 0 Å². The summed E-state index contributed by atoms with van der Waals surface area (Å²) < 4.78 is 38.0. The second kappa shape index (κ2) is 9.38. The lowest BCUT2D eigenvalue weighted by atomic mass is 9.87. The summed E-state index contributed by atoms with van der Waals surface area (Å²) in [7, 11) is -3.63. The number of hydrogen-bond acceptors (Lipinski definition) is 5. The van der Waals surface area contributed by atoms with E-state index in [9.17, 15) is 13.2 Å². The van der Waals surface area contributed by atoms with Crippen molar-refractivity contribution < 1.29 is 22.7 Å². The highest BCUT2D eigenvalue weighted by molar-refractivity contribution is 7.89. The van der Waals surface area contributed by atoms with Gasteiger partial charge in [0.25, 0.3) is 5.91 Å². The lowest BCUT2D eigenvalue weighted by Gasteiger charge is -2.26.